The van der Waals surface area contributed by atoms with Crippen LogP contribution in [-0.4, -0.2) is 30.9 Å². The Balaban J connectivity index is 1.78. The lowest BCUT2D eigenvalue weighted by atomic mass is 10.1. The Hall–Kier alpha value is -1.75. The highest BCUT2D eigenvalue weighted by molar-refractivity contribution is 5.89. The number of anilines is 1. The quantitative estimate of drug-likeness (QED) is 0.691. The number of carbonyl (C=O) groups is 1. The van der Waals surface area contributed by atoms with Gasteiger partial charge in [0, 0.05) is 23.7 Å². The summed E-state index contributed by atoms with van der Waals surface area (Å²) in [4.78, 5) is 11.9. The first-order valence-electron chi connectivity index (χ1n) is 7.92. The molecule has 1 fully saturated rings. The van der Waals surface area contributed by atoms with Gasteiger partial charge in [0.15, 0.2) is 0 Å². The van der Waals surface area contributed by atoms with Gasteiger partial charge in [-0.3, -0.25) is 0 Å². The first-order chi connectivity index (χ1) is 10.5. The molecule has 2 rings (SSSR count). The predicted molar refractivity (Wildman–Crippen MR) is 87.2 cm³/mol. The van der Waals surface area contributed by atoms with E-state index in [1.165, 1.54) is 0 Å². The van der Waals surface area contributed by atoms with Crippen LogP contribution in [0.4, 0.5) is 10.5 Å². The van der Waals surface area contributed by atoms with Crippen molar-refractivity contribution in [1.82, 2.24) is 5.32 Å². The van der Waals surface area contributed by atoms with Crippen LogP contribution in [0.2, 0.25) is 0 Å². The van der Waals surface area contributed by atoms with Crippen LogP contribution in [0, 0.1) is 11.3 Å². The van der Waals surface area contributed by atoms with Crippen LogP contribution in [0.15, 0.2) is 24.3 Å². The SMILES string of the molecule is CC(C)CCOc1cccc(NC(=O)NCC2(CO)CC2)c1. The van der Waals surface area contributed by atoms with Gasteiger partial charge in [-0.15, -0.1) is 0 Å². The lowest BCUT2D eigenvalue weighted by Crippen LogP contribution is -2.35. The molecule has 22 heavy (non-hydrogen) atoms. The van der Waals surface area contributed by atoms with Crippen molar-refractivity contribution >= 4 is 11.7 Å². The fraction of sp³-hybridized carbons (Fsp3) is 0.588. The fourth-order valence-electron chi connectivity index (χ4n) is 2.09. The summed E-state index contributed by atoms with van der Waals surface area (Å²) in [5.74, 6) is 1.36. The van der Waals surface area contributed by atoms with E-state index in [4.69, 9.17) is 4.74 Å². The van der Waals surface area contributed by atoms with Gasteiger partial charge >= 0.3 is 6.03 Å². The third-order valence-electron chi connectivity index (χ3n) is 3.97. The van der Waals surface area contributed by atoms with Crippen molar-refractivity contribution in [2.24, 2.45) is 11.3 Å². The van der Waals surface area contributed by atoms with Crippen LogP contribution in [0.5, 0.6) is 5.75 Å². The first-order valence-corrected chi connectivity index (χ1v) is 7.92. The molecule has 3 N–H and O–H groups in total. The molecule has 0 saturated heterocycles. The number of aliphatic hydroxyl groups excluding tert-OH is 1. The average molecular weight is 306 g/mol. The van der Waals surface area contributed by atoms with Crippen LogP contribution in [0.25, 0.3) is 0 Å². The van der Waals surface area contributed by atoms with E-state index in [2.05, 4.69) is 24.5 Å². The zero-order valence-electron chi connectivity index (χ0n) is 13.4. The molecule has 0 heterocycles. The minimum Gasteiger partial charge on any atom is -0.494 e. The molecule has 0 aliphatic heterocycles. The summed E-state index contributed by atoms with van der Waals surface area (Å²) >= 11 is 0. The van der Waals surface area contributed by atoms with Crippen molar-refractivity contribution in [3.8, 4) is 5.75 Å². The van der Waals surface area contributed by atoms with E-state index in [1.807, 2.05) is 24.3 Å². The van der Waals surface area contributed by atoms with E-state index in [0.29, 0.717) is 24.8 Å². The molecule has 0 bridgehead atoms. The summed E-state index contributed by atoms with van der Waals surface area (Å²) in [5.41, 5.74) is 0.618. The standard InChI is InChI=1S/C17H26N2O3/c1-13(2)6-9-22-15-5-3-4-14(10-15)19-16(21)18-11-17(12-20)7-8-17/h3-5,10,13,20H,6-9,11-12H2,1-2H3,(H2,18,19,21). The third-order valence-corrected chi connectivity index (χ3v) is 3.97. The lowest BCUT2D eigenvalue weighted by Gasteiger charge is -2.14. The third kappa shape index (κ3) is 5.22. The Morgan fingerprint density at radius 2 is 2.18 bits per heavy atom. The molecule has 0 spiro atoms. The molecular formula is C17H26N2O3. The molecular weight excluding hydrogens is 280 g/mol. The molecule has 5 nitrogen and oxygen atoms in total. The maximum atomic E-state index is 11.9. The molecule has 5 heteroatoms. The second kappa shape index (κ2) is 7.49. The summed E-state index contributed by atoms with van der Waals surface area (Å²) in [6, 6.07) is 7.14. The second-order valence-electron chi connectivity index (χ2n) is 6.52. The Morgan fingerprint density at radius 3 is 2.82 bits per heavy atom. The van der Waals surface area contributed by atoms with E-state index in [0.717, 1.165) is 25.0 Å². The Morgan fingerprint density at radius 1 is 1.41 bits per heavy atom. The molecule has 0 unspecified atom stereocenters. The van der Waals surface area contributed by atoms with Crippen molar-refractivity contribution < 1.29 is 14.6 Å². The smallest absolute Gasteiger partial charge is 0.319 e. The van der Waals surface area contributed by atoms with Crippen molar-refractivity contribution in [2.75, 3.05) is 25.1 Å². The normalized spacial score (nSPS) is 15.5. The summed E-state index contributed by atoms with van der Waals surface area (Å²) in [6.45, 7) is 5.63. The number of nitrogens with one attached hydrogen (secondary N) is 2. The Kier molecular flexibility index (Phi) is 5.66. The molecule has 122 valence electrons. The average Bonchev–Trinajstić information content (AvgIpc) is 3.26. The van der Waals surface area contributed by atoms with Crippen LogP contribution in [-0.2, 0) is 0 Å². The van der Waals surface area contributed by atoms with E-state index in [-0.39, 0.29) is 18.1 Å². The molecule has 1 aliphatic carbocycles. The fourth-order valence-corrected chi connectivity index (χ4v) is 2.09. The maximum absolute atomic E-state index is 11.9. The number of ether oxygens (including phenoxy) is 1. The number of rotatable bonds is 8. The predicted octanol–water partition coefficient (Wildman–Crippen LogP) is 3.01. The van der Waals surface area contributed by atoms with Crippen LogP contribution >= 0.6 is 0 Å². The highest BCUT2D eigenvalue weighted by Crippen LogP contribution is 2.44. The molecule has 2 amide bonds. The van der Waals surface area contributed by atoms with Gasteiger partial charge < -0.3 is 20.5 Å². The Labute approximate surface area is 132 Å². The molecule has 1 aromatic carbocycles. The van der Waals surface area contributed by atoms with E-state index >= 15 is 0 Å². The number of hydrogen-bond donors (Lipinski definition) is 3. The number of hydrogen-bond acceptors (Lipinski definition) is 3. The molecule has 1 aliphatic rings. The number of aliphatic hydroxyl groups is 1. The highest BCUT2D eigenvalue weighted by atomic mass is 16.5. The van der Waals surface area contributed by atoms with Crippen molar-refractivity contribution in [3.05, 3.63) is 24.3 Å². The van der Waals surface area contributed by atoms with Gasteiger partial charge in [0.2, 0.25) is 0 Å². The highest BCUT2D eigenvalue weighted by Gasteiger charge is 2.42. The summed E-state index contributed by atoms with van der Waals surface area (Å²) in [7, 11) is 0. The van der Waals surface area contributed by atoms with Crippen LogP contribution < -0.4 is 15.4 Å². The Bertz CT molecular complexity index is 498. The van der Waals surface area contributed by atoms with Gasteiger partial charge in [-0.05, 0) is 37.3 Å². The minimum atomic E-state index is -0.251. The number of carbonyl (C=O) groups excluding carboxylic acids is 1. The molecule has 0 atom stereocenters. The van der Waals surface area contributed by atoms with E-state index < -0.39 is 0 Å². The van der Waals surface area contributed by atoms with Crippen molar-refractivity contribution in [3.63, 3.8) is 0 Å². The van der Waals surface area contributed by atoms with E-state index in [9.17, 15) is 9.90 Å². The van der Waals surface area contributed by atoms with Gasteiger partial charge in [-0.1, -0.05) is 19.9 Å². The second-order valence-corrected chi connectivity index (χ2v) is 6.52. The largest absolute Gasteiger partial charge is 0.494 e. The lowest BCUT2D eigenvalue weighted by molar-refractivity contribution is 0.206. The number of urea groups is 1. The number of benzene rings is 1. The van der Waals surface area contributed by atoms with E-state index in [1.54, 1.807) is 0 Å². The van der Waals surface area contributed by atoms with Gasteiger partial charge in [0.25, 0.3) is 0 Å². The molecule has 0 radical (unpaired) electrons. The zero-order valence-corrected chi connectivity index (χ0v) is 13.4. The van der Waals surface area contributed by atoms with Crippen molar-refractivity contribution in [1.29, 1.82) is 0 Å². The summed E-state index contributed by atoms with van der Waals surface area (Å²) in [5, 5.41) is 14.8. The van der Waals surface area contributed by atoms with Crippen LogP contribution in [0.1, 0.15) is 33.1 Å². The summed E-state index contributed by atoms with van der Waals surface area (Å²) < 4.78 is 5.68. The topological polar surface area (TPSA) is 70.6 Å². The molecule has 1 saturated carbocycles. The molecule has 0 aromatic heterocycles. The summed E-state index contributed by atoms with van der Waals surface area (Å²) in [6.07, 6.45) is 2.95. The molecule has 1 aromatic rings. The monoisotopic (exact) mass is 306 g/mol. The van der Waals surface area contributed by atoms with Gasteiger partial charge in [0.05, 0.1) is 13.2 Å². The zero-order chi connectivity index (χ0) is 16.0. The van der Waals surface area contributed by atoms with Gasteiger partial charge in [-0.2, -0.15) is 0 Å². The van der Waals surface area contributed by atoms with Crippen molar-refractivity contribution in [2.45, 2.75) is 33.1 Å². The van der Waals surface area contributed by atoms with Gasteiger partial charge in [-0.25, -0.2) is 4.79 Å². The van der Waals surface area contributed by atoms with Gasteiger partial charge in [0.1, 0.15) is 5.75 Å². The maximum Gasteiger partial charge on any atom is 0.319 e. The first kappa shape index (κ1) is 16.6. The minimum absolute atomic E-state index is 0.0842. The van der Waals surface area contributed by atoms with Crippen LogP contribution in [0.3, 0.4) is 0 Å². The number of amides is 2.